The fourth-order valence-corrected chi connectivity index (χ4v) is 2.57. The summed E-state index contributed by atoms with van der Waals surface area (Å²) in [4.78, 5) is 25.0. The largest absolute Gasteiger partial charge is 0.493 e. The lowest BCUT2D eigenvalue weighted by Gasteiger charge is -2.21. The van der Waals surface area contributed by atoms with Crippen LogP contribution < -0.4 is 20.1 Å². The van der Waals surface area contributed by atoms with Crippen LogP contribution in [0.3, 0.4) is 0 Å². The molecule has 27 heavy (non-hydrogen) atoms. The molecule has 2 aromatic rings. The monoisotopic (exact) mass is 370 g/mol. The predicted molar refractivity (Wildman–Crippen MR) is 106 cm³/mol. The van der Waals surface area contributed by atoms with Gasteiger partial charge in [-0.2, -0.15) is 0 Å². The van der Waals surface area contributed by atoms with Crippen molar-refractivity contribution < 1.29 is 19.1 Å². The van der Waals surface area contributed by atoms with E-state index in [4.69, 9.17) is 9.47 Å². The van der Waals surface area contributed by atoms with Gasteiger partial charge in [-0.1, -0.05) is 18.2 Å². The smallest absolute Gasteiger partial charge is 0.253 e. The van der Waals surface area contributed by atoms with Crippen molar-refractivity contribution in [3.05, 3.63) is 53.6 Å². The fourth-order valence-electron chi connectivity index (χ4n) is 2.57. The fraction of sp³-hybridized carbons (Fsp3) is 0.333. The van der Waals surface area contributed by atoms with Crippen LogP contribution in [0.2, 0.25) is 0 Å². The van der Waals surface area contributed by atoms with Crippen LogP contribution in [0, 0.1) is 0 Å². The van der Waals surface area contributed by atoms with E-state index in [1.54, 1.807) is 56.7 Å². The molecule has 0 aliphatic heterocycles. The molecular weight excluding hydrogens is 344 g/mol. The number of anilines is 1. The Balaban J connectivity index is 2.14. The van der Waals surface area contributed by atoms with Gasteiger partial charge >= 0.3 is 0 Å². The van der Waals surface area contributed by atoms with Crippen LogP contribution in [0.25, 0.3) is 0 Å². The topological polar surface area (TPSA) is 76.7 Å². The van der Waals surface area contributed by atoms with Crippen LogP contribution in [-0.2, 0) is 11.2 Å². The summed E-state index contributed by atoms with van der Waals surface area (Å²) in [6, 6.07) is 12.3. The molecule has 144 valence electrons. The maximum atomic E-state index is 12.5. The van der Waals surface area contributed by atoms with Gasteiger partial charge in [-0.3, -0.25) is 9.59 Å². The van der Waals surface area contributed by atoms with Crippen LogP contribution in [0.15, 0.2) is 42.5 Å². The highest BCUT2D eigenvalue weighted by atomic mass is 16.5. The van der Waals surface area contributed by atoms with Crippen LogP contribution in [-0.4, -0.2) is 31.6 Å². The highest BCUT2D eigenvalue weighted by Gasteiger charge is 2.18. The van der Waals surface area contributed by atoms with Gasteiger partial charge in [0.15, 0.2) is 11.5 Å². The summed E-state index contributed by atoms with van der Waals surface area (Å²) in [5.74, 6) is 0.710. The number of hydrogen-bond acceptors (Lipinski definition) is 4. The van der Waals surface area contributed by atoms with Gasteiger partial charge in [0.25, 0.3) is 5.91 Å². The SMILES string of the molecule is COc1ccc(CC(=O)Nc2ccccc2C(=O)NC(C)(C)C)cc1OC. The number of carbonyl (C=O) groups is 2. The van der Waals surface area contributed by atoms with Crippen molar-refractivity contribution in [3.8, 4) is 11.5 Å². The van der Waals surface area contributed by atoms with E-state index in [-0.39, 0.29) is 23.8 Å². The molecule has 2 amide bonds. The predicted octanol–water partition coefficient (Wildman–Crippen LogP) is 3.41. The van der Waals surface area contributed by atoms with E-state index in [0.29, 0.717) is 22.7 Å². The molecule has 0 unspecified atom stereocenters. The molecule has 0 saturated heterocycles. The van der Waals surface area contributed by atoms with E-state index in [1.807, 2.05) is 20.8 Å². The van der Waals surface area contributed by atoms with Crippen molar-refractivity contribution in [2.75, 3.05) is 19.5 Å². The van der Waals surface area contributed by atoms with Crippen molar-refractivity contribution in [2.24, 2.45) is 0 Å². The lowest BCUT2D eigenvalue weighted by molar-refractivity contribution is -0.115. The Labute approximate surface area is 159 Å². The Morgan fingerprint density at radius 1 is 0.963 bits per heavy atom. The van der Waals surface area contributed by atoms with E-state index < -0.39 is 0 Å². The average molecular weight is 370 g/mol. The number of nitrogens with one attached hydrogen (secondary N) is 2. The highest BCUT2D eigenvalue weighted by Crippen LogP contribution is 2.28. The van der Waals surface area contributed by atoms with Gasteiger partial charge in [0, 0.05) is 5.54 Å². The molecule has 0 bridgehead atoms. The minimum atomic E-state index is -0.367. The van der Waals surface area contributed by atoms with E-state index in [2.05, 4.69) is 10.6 Å². The molecule has 0 spiro atoms. The Morgan fingerprint density at radius 3 is 2.26 bits per heavy atom. The quantitative estimate of drug-likeness (QED) is 0.817. The number of para-hydroxylation sites is 1. The molecule has 0 atom stereocenters. The molecule has 0 radical (unpaired) electrons. The Kier molecular flexibility index (Phi) is 6.45. The molecule has 2 aromatic carbocycles. The lowest BCUT2D eigenvalue weighted by Crippen LogP contribution is -2.40. The number of carbonyl (C=O) groups excluding carboxylic acids is 2. The number of rotatable bonds is 6. The van der Waals surface area contributed by atoms with Crippen molar-refractivity contribution in [2.45, 2.75) is 32.7 Å². The van der Waals surface area contributed by atoms with Crippen molar-refractivity contribution in [1.82, 2.24) is 5.32 Å². The average Bonchev–Trinajstić information content (AvgIpc) is 2.60. The molecule has 0 saturated carbocycles. The molecule has 2 rings (SSSR count). The first-order valence-corrected chi connectivity index (χ1v) is 8.66. The summed E-state index contributed by atoms with van der Waals surface area (Å²) in [5, 5.41) is 5.73. The zero-order chi connectivity index (χ0) is 20.0. The molecule has 0 heterocycles. The number of hydrogen-bond donors (Lipinski definition) is 2. The number of benzene rings is 2. The van der Waals surface area contributed by atoms with Gasteiger partial charge in [-0.05, 0) is 50.6 Å². The summed E-state index contributed by atoms with van der Waals surface area (Å²) < 4.78 is 10.5. The van der Waals surface area contributed by atoms with Gasteiger partial charge in [-0.15, -0.1) is 0 Å². The Hall–Kier alpha value is -3.02. The first-order chi connectivity index (χ1) is 12.7. The number of methoxy groups -OCH3 is 2. The molecule has 6 heteroatoms. The third kappa shape index (κ3) is 5.74. The minimum Gasteiger partial charge on any atom is -0.493 e. The maximum Gasteiger partial charge on any atom is 0.253 e. The normalized spacial score (nSPS) is 10.9. The zero-order valence-electron chi connectivity index (χ0n) is 16.4. The molecule has 0 aromatic heterocycles. The Bertz CT molecular complexity index is 825. The molecule has 0 aliphatic carbocycles. The third-order valence-electron chi connectivity index (χ3n) is 3.75. The second kappa shape index (κ2) is 8.58. The summed E-state index contributed by atoms with van der Waals surface area (Å²) in [6.45, 7) is 5.72. The van der Waals surface area contributed by atoms with Crippen LogP contribution in [0.1, 0.15) is 36.7 Å². The van der Waals surface area contributed by atoms with Crippen molar-refractivity contribution in [3.63, 3.8) is 0 Å². The second-order valence-corrected chi connectivity index (χ2v) is 7.16. The number of ether oxygens (including phenoxy) is 2. The maximum absolute atomic E-state index is 12.5. The third-order valence-corrected chi connectivity index (χ3v) is 3.75. The minimum absolute atomic E-state index is 0.148. The molecular formula is C21H26N2O4. The van der Waals surface area contributed by atoms with Gasteiger partial charge < -0.3 is 20.1 Å². The standard InChI is InChI=1S/C21H26N2O4/c1-21(2,3)23-20(25)15-8-6-7-9-16(15)22-19(24)13-14-10-11-17(26-4)18(12-14)27-5/h6-12H,13H2,1-5H3,(H,22,24)(H,23,25). The van der Waals surface area contributed by atoms with Crippen LogP contribution in [0.5, 0.6) is 11.5 Å². The second-order valence-electron chi connectivity index (χ2n) is 7.16. The zero-order valence-corrected chi connectivity index (χ0v) is 16.4. The van der Waals surface area contributed by atoms with Crippen molar-refractivity contribution in [1.29, 1.82) is 0 Å². The van der Waals surface area contributed by atoms with Crippen molar-refractivity contribution >= 4 is 17.5 Å². The summed E-state index contributed by atoms with van der Waals surface area (Å²) in [5.41, 5.74) is 1.31. The molecule has 2 N–H and O–H groups in total. The molecule has 0 fully saturated rings. The Morgan fingerprint density at radius 2 is 1.63 bits per heavy atom. The van der Waals surface area contributed by atoms with Crippen LogP contribution in [0.4, 0.5) is 5.69 Å². The van der Waals surface area contributed by atoms with Gasteiger partial charge in [0.2, 0.25) is 5.91 Å². The summed E-state index contributed by atoms with van der Waals surface area (Å²) in [6.07, 6.45) is 0.148. The van der Waals surface area contributed by atoms with E-state index in [9.17, 15) is 9.59 Å². The van der Waals surface area contributed by atoms with Gasteiger partial charge in [-0.25, -0.2) is 0 Å². The summed E-state index contributed by atoms with van der Waals surface area (Å²) >= 11 is 0. The molecule has 6 nitrogen and oxygen atoms in total. The van der Waals surface area contributed by atoms with E-state index in [0.717, 1.165) is 5.56 Å². The van der Waals surface area contributed by atoms with Crippen LogP contribution >= 0.6 is 0 Å². The van der Waals surface area contributed by atoms with E-state index >= 15 is 0 Å². The van der Waals surface area contributed by atoms with E-state index in [1.165, 1.54) is 0 Å². The van der Waals surface area contributed by atoms with Gasteiger partial charge in [0.05, 0.1) is 31.9 Å². The lowest BCUT2D eigenvalue weighted by atomic mass is 10.1. The first kappa shape index (κ1) is 20.3. The van der Waals surface area contributed by atoms with Gasteiger partial charge in [0.1, 0.15) is 0 Å². The highest BCUT2D eigenvalue weighted by molar-refractivity contribution is 6.04. The number of amides is 2. The first-order valence-electron chi connectivity index (χ1n) is 8.66. The summed E-state index contributed by atoms with van der Waals surface area (Å²) in [7, 11) is 3.11. The molecule has 0 aliphatic rings.